The lowest BCUT2D eigenvalue weighted by Gasteiger charge is -2.21. The third-order valence-corrected chi connectivity index (χ3v) is 3.72. The SMILES string of the molecule is CC[C@H](C)[C@H](NC(=O)CC(C)c1ccccc1F)C(=O)O. The second-order valence-corrected chi connectivity index (χ2v) is 5.40. The van der Waals surface area contributed by atoms with Crippen molar-refractivity contribution in [3.8, 4) is 0 Å². The van der Waals surface area contributed by atoms with E-state index in [-0.39, 0.29) is 30.0 Å². The van der Waals surface area contributed by atoms with Crippen molar-refractivity contribution in [2.75, 3.05) is 0 Å². The number of halogens is 1. The lowest BCUT2D eigenvalue weighted by Crippen LogP contribution is -2.45. The van der Waals surface area contributed by atoms with Gasteiger partial charge in [-0.3, -0.25) is 4.79 Å². The van der Waals surface area contributed by atoms with Crippen LogP contribution in [0.1, 0.15) is 45.1 Å². The molecule has 0 spiro atoms. The maximum Gasteiger partial charge on any atom is 0.326 e. The highest BCUT2D eigenvalue weighted by Crippen LogP contribution is 2.22. The van der Waals surface area contributed by atoms with Crippen LogP contribution in [0.4, 0.5) is 4.39 Å². The minimum Gasteiger partial charge on any atom is -0.480 e. The Morgan fingerprint density at radius 2 is 1.90 bits per heavy atom. The molecular formula is C16H22FNO3. The van der Waals surface area contributed by atoms with Gasteiger partial charge < -0.3 is 10.4 Å². The Kier molecular flexibility index (Phi) is 6.34. The number of hydrogen-bond acceptors (Lipinski definition) is 2. The van der Waals surface area contributed by atoms with E-state index in [1.54, 1.807) is 32.0 Å². The van der Waals surface area contributed by atoms with Crippen LogP contribution in [-0.4, -0.2) is 23.0 Å². The van der Waals surface area contributed by atoms with Gasteiger partial charge in [-0.15, -0.1) is 0 Å². The minimum absolute atomic E-state index is 0.0567. The van der Waals surface area contributed by atoms with E-state index in [9.17, 15) is 14.0 Å². The van der Waals surface area contributed by atoms with Crippen molar-refractivity contribution in [3.05, 3.63) is 35.6 Å². The predicted molar refractivity (Wildman–Crippen MR) is 78.5 cm³/mol. The number of rotatable bonds is 7. The fourth-order valence-corrected chi connectivity index (χ4v) is 2.18. The van der Waals surface area contributed by atoms with Crippen LogP contribution < -0.4 is 5.32 Å². The number of benzene rings is 1. The van der Waals surface area contributed by atoms with Gasteiger partial charge in [0.05, 0.1) is 0 Å². The fraction of sp³-hybridized carbons (Fsp3) is 0.500. The third-order valence-electron chi connectivity index (χ3n) is 3.72. The van der Waals surface area contributed by atoms with Crippen molar-refractivity contribution >= 4 is 11.9 Å². The number of amides is 1. The molecule has 1 unspecified atom stereocenters. The summed E-state index contributed by atoms with van der Waals surface area (Å²) in [5.41, 5.74) is 0.461. The summed E-state index contributed by atoms with van der Waals surface area (Å²) in [6, 6.07) is 5.39. The Balaban J connectivity index is 2.68. The molecule has 1 aromatic rings. The molecule has 4 nitrogen and oxygen atoms in total. The van der Waals surface area contributed by atoms with E-state index < -0.39 is 12.0 Å². The van der Waals surface area contributed by atoms with Crippen molar-refractivity contribution < 1.29 is 19.1 Å². The highest BCUT2D eigenvalue weighted by molar-refractivity contribution is 5.84. The summed E-state index contributed by atoms with van der Waals surface area (Å²) in [4.78, 5) is 23.1. The Labute approximate surface area is 124 Å². The Morgan fingerprint density at radius 3 is 2.43 bits per heavy atom. The first-order valence-electron chi connectivity index (χ1n) is 7.13. The fourth-order valence-electron chi connectivity index (χ4n) is 2.18. The second kappa shape index (κ2) is 7.76. The van der Waals surface area contributed by atoms with Gasteiger partial charge in [0, 0.05) is 6.42 Å². The van der Waals surface area contributed by atoms with Gasteiger partial charge in [-0.2, -0.15) is 0 Å². The van der Waals surface area contributed by atoms with E-state index in [0.717, 1.165) is 0 Å². The molecule has 116 valence electrons. The first-order valence-corrected chi connectivity index (χ1v) is 7.13. The van der Waals surface area contributed by atoms with Gasteiger partial charge >= 0.3 is 5.97 Å². The molecule has 0 saturated carbocycles. The molecule has 0 aromatic heterocycles. The van der Waals surface area contributed by atoms with Crippen molar-refractivity contribution in [2.45, 2.75) is 45.6 Å². The largest absolute Gasteiger partial charge is 0.480 e. The van der Waals surface area contributed by atoms with Crippen LogP contribution in [0.5, 0.6) is 0 Å². The zero-order chi connectivity index (χ0) is 16.0. The Bertz CT molecular complexity index is 504. The van der Waals surface area contributed by atoms with Gasteiger partial charge in [-0.25, -0.2) is 9.18 Å². The first kappa shape index (κ1) is 17.1. The number of carbonyl (C=O) groups is 2. The molecule has 0 heterocycles. The summed E-state index contributed by atoms with van der Waals surface area (Å²) < 4.78 is 13.6. The summed E-state index contributed by atoms with van der Waals surface area (Å²) in [5, 5.41) is 11.7. The van der Waals surface area contributed by atoms with Crippen LogP contribution in [0, 0.1) is 11.7 Å². The van der Waals surface area contributed by atoms with E-state index in [0.29, 0.717) is 12.0 Å². The van der Waals surface area contributed by atoms with Gasteiger partial charge in [0.15, 0.2) is 0 Å². The van der Waals surface area contributed by atoms with Gasteiger partial charge in [-0.05, 0) is 23.5 Å². The van der Waals surface area contributed by atoms with Crippen LogP contribution in [0.2, 0.25) is 0 Å². The molecule has 0 radical (unpaired) electrons. The van der Waals surface area contributed by atoms with E-state index in [1.165, 1.54) is 6.07 Å². The number of carboxylic acids is 1. The van der Waals surface area contributed by atoms with Crippen molar-refractivity contribution in [2.24, 2.45) is 5.92 Å². The van der Waals surface area contributed by atoms with Crippen LogP contribution in [0.3, 0.4) is 0 Å². The van der Waals surface area contributed by atoms with Gasteiger partial charge in [-0.1, -0.05) is 45.4 Å². The molecule has 0 fully saturated rings. The molecule has 0 aliphatic heterocycles. The van der Waals surface area contributed by atoms with Gasteiger partial charge in [0.25, 0.3) is 0 Å². The highest BCUT2D eigenvalue weighted by Gasteiger charge is 2.26. The van der Waals surface area contributed by atoms with E-state index in [1.807, 2.05) is 6.92 Å². The van der Waals surface area contributed by atoms with Crippen LogP contribution in [-0.2, 0) is 9.59 Å². The average Bonchev–Trinajstić information content (AvgIpc) is 2.44. The van der Waals surface area contributed by atoms with E-state index in [4.69, 9.17) is 5.11 Å². The van der Waals surface area contributed by atoms with Crippen molar-refractivity contribution in [3.63, 3.8) is 0 Å². The lowest BCUT2D eigenvalue weighted by atomic mass is 9.95. The van der Waals surface area contributed by atoms with Crippen LogP contribution in [0.15, 0.2) is 24.3 Å². The summed E-state index contributed by atoms with van der Waals surface area (Å²) in [5.74, 6) is -2.24. The smallest absolute Gasteiger partial charge is 0.326 e. The zero-order valence-corrected chi connectivity index (χ0v) is 12.6. The van der Waals surface area contributed by atoms with Crippen LogP contribution in [0.25, 0.3) is 0 Å². The van der Waals surface area contributed by atoms with Crippen molar-refractivity contribution in [1.29, 1.82) is 0 Å². The Morgan fingerprint density at radius 1 is 1.29 bits per heavy atom. The molecule has 1 rings (SSSR count). The van der Waals surface area contributed by atoms with E-state index in [2.05, 4.69) is 5.32 Å². The average molecular weight is 295 g/mol. The zero-order valence-electron chi connectivity index (χ0n) is 12.6. The molecule has 3 atom stereocenters. The number of carbonyl (C=O) groups excluding carboxylic acids is 1. The van der Waals surface area contributed by atoms with E-state index >= 15 is 0 Å². The van der Waals surface area contributed by atoms with Crippen LogP contribution >= 0.6 is 0 Å². The number of carboxylic acid groups (broad SMARTS) is 1. The quantitative estimate of drug-likeness (QED) is 0.812. The monoisotopic (exact) mass is 295 g/mol. The minimum atomic E-state index is -1.05. The van der Waals surface area contributed by atoms with Gasteiger partial charge in [0.2, 0.25) is 5.91 Å². The third kappa shape index (κ3) is 4.85. The van der Waals surface area contributed by atoms with Gasteiger partial charge in [0.1, 0.15) is 11.9 Å². The van der Waals surface area contributed by atoms with Crippen molar-refractivity contribution in [1.82, 2.24) is 5.32 Å². The Hall–Kier alpha value is -1.91. The molecule has 0 bridgehead atoms. The molecule has 2 N–H and O–H groups in total. The molecular weight excluding hydrogens is 273 g/mol. The number of nitrogens with one attached hydrogen (secondary N) is 1. The summed E-state index contributed by atoms with van der Waals surface area (Å²) in [6.07, 6.45) is 0.710. The topological polar surface area (TPSA) is 66.4 Å². The molecule has 5 heteroatoms. The maximum atomic E-state index is 13.6. The highest BCUT2D eigenvalue weighted by atomic mass is 19.1. The normalized spacial score (nSPS) is 15.0. The predicted octanol–water partition coefficient (Wildman–Crippen LogP) is 2.93. The summed E-state index contributed by atoms with van der Waals surface area (Å²) in [7, 11) is 0. The summed E-state index contributed by atoms with van der Waals surface area (Å²) >= 11 is 0. The summed E-state index contributed by atoms with van der Waals surface area (Å²) in [6.45, 7) is 5.39. The number of hydrogen-bond donors (Lipinski definition) is 2. The first-order chi connectivity index (χ1) is 9.86. The molecule has 1 amide bonds. The standard InChI is InChI=1S/C16H22FNO3/c1-4-10(2)15(16(20)21)18-14(19)9-11(3)12-7-5-6-8-13(12)17/h5-8,10-11,15H,4,9H2,1-3H3,(H,18,19)(H,20,21)/t10-,11?,15-/m0/s1. The molecule has 0 saturated heterocycles. The second-order valence-electron chi connectivity index (χ2n) is 5.40. The maximum absolute atomic E-state index is 13.6. The molecule has 1 aromatic carbocycles. The number of aliphatic carboxylic acids is 1. The lowest BCUT2D eigenvalue weighted by molar-refractivity contribution is -0.143. The molecule has 0 aliphatic rings. The molecule has 0 aliphatic carbocycles. The molecule has 21 heavy (non-hydrogen) atoms.